The van der Waals surface area contributed by atoms with Gasteiger partial charge in [-0.3, -0.25) is 4.99 Å². The Morgan fingerprint density at radius 3 is 2.92 bits per heavy atom. The third kappa shape index (κ3) is 5.42. The standard InChI is InChI=1S/C17H24N4O2S.HI/c1-3-22-14-6-8-21(9-7-14)17(18-2)19-11-13-12-23-16(20-13)15-5-4-10-24-15;/h4-5,10,12,14H,3,6-9,11H2,1-2H3,(H,18,19);1H. The predicted octanol–water partition coefficient (Wildman–Crippen LogP) is 3.60. The SMILES string of the molecule is CCOC1CCN(C(=NC)NCc2coc(-c3cccs3)n2)CC1.I. The van der Waals surface area contributed by atoms with Crippen LogP contribution in [0.4, 0.5) is 0 Å². The Hall–Kier alpha value is -1.13. The molecular weight excluding hydrogens is 451 g/mol. The number of likely N-dealkylation sites (tertiary alicyclic amines) is 1. The van der Waals surface area contributed by atoms with E-state index < -0.39 is 0 Å². The fourth-order valence-corrected chi connectivity index (χ4v) is 3.53. The molecule has 2 aromatic heterocycles. The normalized spacial score (nSPS) is 15.9. The number of hydrogen-bond donors (Lipinski definition) is 1. The number of guanidine groups is 1. The number of nitrogens with zero attached hydrogens (tertiary/aromatic N) is 3. The molecule has 0 atom stereocenters. The van der Waals surface area contributed by atoms with Crippen molar-refractivity contribution in [2.24, 2.45) is 4.99 Å². The van der Waals surface area contributed by atoms with Crippen molar-refractivity contribution in [1.82, 2.24) is 15.2 Å². The Labute approximate surface area is 169 Å². The van der Waals surface area contributed by atoms with Gasteiger partial charge < -0.3 is 19.4 Å². The molecule has 6 nitrogen and oxygen atoms in total. The maximum atomic E-state index is 5.70. The molecule has 1 aliphatic rings. The highest BCUT2D eigenvalue weighted by atomic mass is 127. The summed E-state index contributed by atoms with van der Waals surface area (Å²) in [4.78, 5) is 12.2. The largest absolute Gasteiger partial charge is 0.443 e. The van der Waals surface area contributed by atoms with Crippen LogP contribution in [0.5, 0.6) is 0 Å². The first kappa shape index (κ1) is 20.2. The molecule has 1 N–H and O–H groups in total. The van der Waals surface area contributed by atoms with Gasteiger partial charge in [0.2, 0.25) is 5.89 Å². The zero-order valence-corrected chi connectivity index (χ0v) is 17.8. The number of nitrogens with one attached hydrogen (secondary N) is 1. The Kier molecular flexibility index (Phi) is 8.17. The highest BCUT2D eigenvalue weighted by Crippen LogP contribution is 2.23. The number of piperidine rings is 1. The van der Waals surface area contributed by atoms with Gasteiger partial charge in [-0.1, -0.05) is 6.07 Å². The van der Waals surface area contributed by atoms with Gasteiger partial charge in [0.15, 0.2) is 5.96 Å². The van der Waals surface area contributed by atoms with Gasteiger partial charge >= 0.3 is 0 Å². The summed E-state index contributed by atoms with van der Waals surface area (Å²) in [6.45, 7) is 5.37. The van der Waals surface area contributed by atoms with Gasteiger partial charge in [0.05, 0.1) is 23.2 Å². The van der Waals surface area contributed by atoms with Crippen LogP contribution in [0.1, 0.15) is 25.5 Å². The van der Waals surface area contributed by atoms with Crippen LogP contribution in [-0.4, -0.2) is 48.7 Å². The molecule has 8 heteroatoms. The van der Waals surface area contributed by atoms with E-state index in [1.807, 2.05) is 24.6 Å². The highest BCUT2D eigenvalue weighted by molar-refractivity contribution is 14.0. The molecule has 3 rings (SSSR count). The number of halogens is 1. The van der Waals surface area contributed by atoms with Crippen LogP contribution in [-0.2, 0) is 11.3 Å². The highest BCUT2D eigenvalue weighted by Gasteiger charge is 2.21. The maximum Gasteiger partial charge on any atom is 0.236 e. The van der Waals surface area contributed by atoms with Crippen LogP contribution in [0.25, 0.3) is 10.8 Å². The van der Waals surface area contributed by atoms with Crippen molar-refractivity contribution < 1.29 is 9.15 Å². The van der Waals surface area contributed by atoms with E-state index in [0.29, 0.717) is 18.5 Å². The van der Waals surface area contributed by atoms with Crippen molar-refractivity contribution in [2.45, 2.75) is 32.4 Å². The number of oxazole rings is 1. The van der Waals surface area contributed by atoms with Crippen molar-refractivity contribution in [1.29, 1.82) is 0 Å². The summed E-state index contributed by atoms with van der Waals surface area (Å²) in [7, 11) is 1.82. The Morgan fingerprint density at radius 1 is 1.48 bits per heavy atom. The van der Waals surface area contributed by atoms with Crippen LogP contribution >= 0.6 is 35.3 Å². The monoisotopic (exact) mass is 476 g/mol. The quantitative estimate of drug-likeness (QED) is 0.406. The second kappa shape index (κ2) is 10.1. The van der Waals surface area contributed by atoms with E-state index in [1.165, 1.54) is 0 Å². The van der Waals surface area contributed by atoms with Crippen LogP contribution in [0.2, 0.25) is 0 Å². The zero-order chi connectivity index (χ0) is 16.8. The fraction of sp³-hybridized carbons (Fsp3) is 0.529. The molecule has 2 aromatic rings. The van der Waals surface area contributed by atoms with Crippen molar-refractivity contribution in [2.75, 3.05) is 26.7 Å². The van der Waals surface area contributed by atoms with Crippen molar-refractivity contribution in [3.63, 3.8) is 0 Å². The minimum absolute atomic E-state index is 0. The van der Waals surface area contributed by atoms with Gasteiger partial charge in [0.1, 0.15) is 6.26 Å². The summed E-state index contributed by atoms with van der Waals surface area (Å²) in [6.07, 6.45) is 4.17. The Morgan fingerprint density at radius 2 is 2.28 bits per heavy atom. The van der Waals surface area contributed by atoms with E-state index in [2.05, 4.69) is 27.1 Å². The summed E-state index contributed by atoms with van der Waals surface area (Å²) in [5, 5.41) is 5.40. The Balaban J connectivity index is 0.00000225. The molecule has 0 radical (unpaired) electrons. The molecule has 1 saturated heterocycles. The smallest absolute Gasteiger partial charge is 0.236 e. The molecule has 0 amide bonds. The molecule has 0 unspecified atom stereocenters. The van der Waals surface area contributed by atoms with E-state index >= 15 is 0 Å². The molecule has 0 aliphatic carbocycles. The van der Waals surface area contributed by atoms with Gasteiger partial charge in [-0.05, 0) is 31.2 Å². The molecule has 0 spiro atoms. The lowest BCUT2D eigenvalue weighted by Crippen LogP contribution is -2.46. The molecule has 0 aromatic carbocycles. The first-order chi connectivity index (χ1) is 11.8. The van der Waals surface area contributed by atoms with Crippen LogP contribution < -0.4 is 5.32 Å². The minimum atomic E-state index is 0. The molecule has 0 saturated carbocycles. The van der Waals surface area contributed by atoms with Crippen molar-refractivity contribution in [3.8, 4) is 10.8 Å². The lowest BCUT2D eigenvalue weighted by Gasteiger charge is -2.33. The number of hydrogen-bond acceptors (Lipinski definition) is 5. The van der Waals surface area contributed by atoms with Crippen LogP contribution in [0.3, 0.4) is 0 Å². The summed E-state index contributed by atoms with van der Waals surface area (Å²) in [6, 6.07) is 4.00. The molecule has 3 heterocycles. The third-order valence-electron chi connectivity index (χ3n) is 4.07. The van der Waals surface area contributed by atoms with Crippen molar-refractivity contribution >= 4 is 41.3 Å². The molecule has 138 valence electrons. The van der Waals surface area contributed by atoms with Crippen LogP contribution in [0.15, 0.2) is 33.2 Å². The van der Waals surface area contributed by atoms with Gasteiger partial charge in [-0.2, -0.15) is 0 Å². The second-order valence-electron chi connectivity index (χ2n) is 5.66. The van der Waals surface area contributed by atoms with E-state index in [4.69, 9.17) is 9.15 Å². The minimum Gasteiger partial charge on any atom is -0.443 e. The number of aromatic nitrogens is 1. The van der Waals surface area contributed by atoms with E-state index in [-0.39, 0.29) is 24.0 Å². The predicted molar refractivity (Wildman–Crippen MR) is 112 cm³/mol. The van der Waals surface area contributed by atoms with Gasteiger partial charge in [0, 0.05) is 26.7 Å². The van der Waals surface area contributed by atoms with Crippen LogP contribution in [0, 0.1) is 0 Å². The zero-order valence-electron chi connectivity index (χ0n) is 14.6. The fourth-order valence-electron chi connectivity index (χ4n) is 2.87. The molecule has 0 bridgehead atoms. The number of aliphatic imine (C=N–C) groups is 1. The summed E-state index contributed by atoms with van der Waals surface area (Å²) < 4.78 is 11.3. The topological polar surface area (TPSA) is 62.9 Å². The number of ether oxygens (including phenoxy) is 1. The number of rotatable bonds is 5. The maximum absolute atomic E-state index is 5.70. The van der Waals surface area contributed by atoms with Gasteiger partial charge in [-0.15, -0.1) is 35.3 Å². The number of thiophene rings is 1. The van der Waals surface area contributed by atoms with Crippen molar-refractivity contribution in [3.05, 3.63) is 29.5 Å². The molecule has 25 heavy (non-hydrogen) atoms. The first-order valence-corrected chi connectivity index (χ1v) is 9.23. The van der Waals surface area contributed by atoms with E-state index in [1.54, 1.807) is 17.6 Å². The Bertz CT molecular complexity index is 651. The first-order valence-electron chi connectivity index (χ1n) is 8.35. The second-order valence-corrected chi connectivity index (χ2v) is 6.61. The van der Waals surface area contributed by atoms with Gasteiger partial charge in [-0.25, -0.2) is 4.98 Å². The summed E-state index contributed by atoms with van der Waals surface area (Å²) in [5.41, 5.74) is 0.878. The average Bonchev–Trinajstić information content (AvgIpc) is 3.28. The average molecular weight is 476 g/mol. The third-order valence-corrected chi connectivity index (χ3v) is 4.92. The summed E-state index contributed by atoms with van der Waals surface area (Å²) in [5.74, 6) is 1.58. The van der Waals surface area contributed by atoms with E-state index in [0.717, 1.165) is 49.1 Å². The molecular formula is C17H25IN4O2S. The molecule has 1 aliphatic heterocycles. The lowest BCUT2D eigenvalue weighted by molar-refractivity contribution is 0.0263. The molecule has 1 fully saturated rings. The lowest BCUT2D eigenvalue weighted by atomic mass is 10.1. The summed E-state index contributed by atoms with van der Waals surface area (Å²) >= 11 is 1.62. The van der Waals surface area contributed by atoms with Gasteiger partial charge in [0.25, 0.3) is 0 Å². The van der Waals surface area contributed by atoms with E-state index in [9.17, 15) is 0 Å².